The van der Waals surface area contributed by atoms with Crippen molar-refractivity contribution in [1.29, 1.82) is 0 Å². The van der Waals surface area contributed by atoms with E-state index in [1.807, 2.05) is 12.1 Å². The molecule has 0 saturated heterocycles. The third-order valence-electron chi connectivity index (χ3n) is 2.28. The molecule has 0 radical (unpaired) electrons. The minimum absolute atomic E-state index is 0.0556. The van der Waals surface area contributed by atoms with E-state index in [0.29, 0.717) is 0 Å². The fourth-order valence-corrected chi connectivity index (χ4v) is 3.91. The Morgan fingerprint density at radius 2 is 1.87 bits per heavy atom. The molecule has 2 aromatic heterocycles. The van der Waals surface area contributed by atoms with E-state index in [0.717, 1.165) is 9.21 Å². The molecule has 1 unspecified atom stereocenters. The quantitative estimate of drug-likeness (QED) is 0.644. The summed E-state index contributed by atoms with van der Waals surface area (Å²) in [4.78, 5) is 3.64. The van der Waals surface area contributed by atoms with Crippen LogP contribution in [0.15, 0.2) is 18.2 Å². The van der Waals surface area contributed by atoms with Gasteiger partial charge < -0.3 is 0 Å². The van der Waals surface area contributed by atoms with Crippen molar-refractivity contribution in [3.63, 3.8) is 0 Å². The average Bonchev–Trinajstić information content (AvgIpc) is 2.74. The molecule has 0 N–H and O–H groups in total. The summed E-state index contributed by atoms with van der Waals surface area (Å²) < 4.78 is 0.792. The summed E-state index contributed by atoms with van der Waals surface area (Å²) in [5.74, 6) is 0. The zero-order valence-electron chi connectivity index (χ0n) is 8.38. The second-order valence-electron chi connectivity index (χ2n) is 3.39. The van der Waals surface area contributed by atoms with E-state index in [4.69, 9.17) is 23.2 Å². The first-order valence-electron chi connectivity index (χ1n) is 4.54. The number of aryl methyl sites for hydroxylation is 2. The van der Waals surface area contributed by atoms with Crippen molar-refractivity contribution < 1.29 is 0 Å². The topological polar surface area (TPSA) is 0 Å². The van der Waals surface area contributed by atoms with Crippen molar-refractivity contribution in [2.75, 3.05) is 0 Å². The van der Waals surface area contributed by atoms with Crippen molar-refractivity contribution in [3.05, 3.63) is 42.7 Å². The van der Waals surface area contributed by atoms with Gasteiger partial charge in [0.05, 0.1) is 4.34 Å². The van der Waals surface area contributed by atoms with E-state index >= 15 is 0 Å². The predicted molar refractivity (Wildman–Crippen MR) is 70.8 cm³/mol. The van der Waals surface area contributed by atoms with E-state index in [-0.39, 0.29) is 5.38 Å². The van der Waals surface area contributed by atoms with Gasteiger partial charge in [-0.25, -0.2) is 0 Å². The van der Waals surface area contributed by atoms with Crippen molar-refractivity contribution in [1.82, 2.24) is 0 Å². The zero-order valence-corrected chi connectivity index (χ0v) is 11.5. The lowest BCUT2D eigenvalue weighted by atomic mass is 10.2. The maximum atomic E-state index is 6.39. The van der Waals surface area contributed by atoms with Crippen LogP contribution in [0.25, 0.3) is 0 Å². The van der Waals surface area contributed by atoms with Crippen LogP contribution in [0.1, 0.15) is 25.6 Å². The molecule has 4 heteroatoms. The van der Waals surface area contributed by atoms with Crippen LogP contribution in [0.3, 0.4) is 0 Å². The fraction of sp³-hybridized carbons (Fsp3) is 0.273. The summed E-state index contributed by atoms with van der Waals surface area (Å²) in [6.45, 7) is 4.23. The molecule has 0 bridgehead atoms. The van der Waals surface area contributed by atoms with Gasteiger partial charge in [-0.1, -0.05) is 11.6 Å². The Kier molecular flexibility index (Phi) is 3.41. The van der Waals surface area contributed by atoms with Crippen LogP contribution in [0.5, 0.6) is 0 Å². The van der Waals surface area contributed by atoms with Gasteiger partial charge in [0.25, 0.3) is 0 Å². The molecule has 2 rings (SSSR count). The summed E-state index contributed by atoms with van der Waals surface area (Å²) >= 11 is 15.6. The zero-order chi connectivity index (χ0) is 11.0. The Labute approximate surface area is 107 Å². The number of hydrogen-bond acceptors (Lipinski definition) is 2. The monoisotopic (exact) mass is 276 g/mol. The SMILES string of the molecule is Cc1cc(C(Cl)c2ccc(Cl)s2)sc1C. The van der Waals surface area contributed by atoms with Gasteiger partial charge in [-0.2, -0.15) is 0 Å². The third-order valence-corrected chi connectivity index (χ3v) is 5.52. The van der Waals surface area contributed by atoms with E-state index in [1.165, 1.54) is 15.3 Å². The van der Waals surface area contributed by atoms with Gasteiger partial charge in [-0.3, -0.25) is 0 Å². The largest absolute Gasteiger partial charge is 0.143 e. The average molecular weight is 277 g/mol. The van der Waals surface area contributed by atoms with E-state index in [1.54, 1.807) is 22.7 Å². The van der Waals surface area contributed by atoms with E-state index < -0.39 is 0 Å². The Bertz CT molecular complexity index is 451. The molecule has 0 aromatic carbocycles. The Morgan fingerprint density at radius 3 is 2.33 bits per heavy atom. The normalized spacial score (nSPS) is 13.1. The molecule has 80 valence electrons. The lowest BCUT2D eigenvalue weighted by molar-refractivity contribution is 1.23. The highest BCUT2D eigenvalue weighted by Crippen LogP contribution is 2.39. The lowest BCUT2D eigenvalue weighted by Crippen LogP contribution is -1.84. The van der Waals surface area contributed by atoms with Gasteiger partial charge in [-0.15, -0.1) is 34.3 Å². The summed E-state index contributed by atoms with van der Waals surface area (Å²) in [5.41, 5.74) is 1.31. The van der Waals surface area contributed by atoms with E-state index in [9.17, 15) is 0 Å². The molecule has 1 atom stereocenters. The molecule has 0 aliphatic carbocycles. The van der Waals surface area contributed by atoms with Gasteiger partial charge in [-0.05, 0) is 37.6 Å². The minimum Gasteiger partial charge on any atom is -0.143 e. The van der Waals surface area contributed by atoms with Crippen molar-refractivity contribution in [3.8, 4) is 0 Å². The minimum atomic E-state index is -0.0556. The molecule has 0 fully saturated rings. The molecule has 0 amide bonds. The second kappa shape index (κ2) is 4.46. The number of alkyl halides is 1. The van der Waals surface area contributed by atoms with Crippen LogP contribution >= 0.6 is 45.9 Å². The highest BCUT2D eigenvalue weighted by Gasteiger charge is 2.15. The highest BCUT2D eigenvalue weighted by atomic mass is 35.5. The molecule has 0 spiro atoms. The maximum Gasteiger partial charge on any atom is 0.102 e. The molecule has 0 aliphatic rings. The maximum absolute atomic E-state index is 6.39. The standard InChI is InChI=1S/C11H10Cl2S2/c1-6-5-9(14-7(6)2)11(13)8-3-4-10(12)15-8/h3-5,11H,1-2H3. The Balaban J connectivity index is 2.31. The summed E-state index contributed by atoms with van der Waals surface area (Å²) in [7, 11) is 0. The van der Waals surface area contributed by atoms with Crippen LogP contribution < -0.4 is 0 Å². The van der Waals surface area contributed by atoms with Crippen LogP contribution in [0.4, 0.5) is 0 Å². The highest BCUT2D eigenvalue weighted by molar-refractivity contribution is 7.17. The van der Waals surface area contributed by atoms with Gasteiger partial charge in [0.15, 0.2) is 0 Å². The molecular weight excluding hydrogens is 267 g/mol. The molecular formula is C11H10Cl2S2. The Hall–Kier alpha value is -0.0200. The van der Waals surface area contributed by atoms with Crippen molar-refractivity contribution >= 4 is 45.9 Å². The van der Waals surface area contributed by atoms with Crippen molar-refractivity contribution in [2.45, 2.75) is 19.2 Å². The summed E-state index contributed by atoms with van der Waals surface area (Å²) in [6.07, 6.45) is 0. The van der Waals surface area contributed by atoms with Gasteiger partial charge in [0.1, 0.15) is 5.38 Å². The van der Waals surface area contributed by atoms with Gasteiger partial charge >= 0.3 is 0 Å². The first-order chi connectivity index (χ1) is 7.08. The molecule has 0 aliphatic heterocycles. The molecule has 0 nitrogen and oxygen atoms in total. The van der Waals surface area contributed by atoms with Crippen LogP contribution in [-0.4, -0.2) is 0 Å². The van der Waals surface area contributed by atoms with Gasteiger partial charge in [0.2, 0.25) is 0 Å². The summed E-state index contributed by atoms with van der Waals surface area (Å²) in [5, 5.41) is -0.0556. The number of thiophene rings is 2. The predicted octanol–water partition coefficient (Wildman–Crippen LogP) is 5.41. The fourth-order valence-electron chi connectivity index (χ4n) is 1.33. The third kappa shape index (κ3) is 2.39. The second-order valence-corrected chi connectivity index (χ2v) is 6.86. The van der Waals surface area contributed by atoms with Crippen LogP contribution in [0, 0.1) is 13.8 Å². The van der Waals surface area contributed by atoms with Crippen LogP contribution in [-0.2, 0) is 0 Å². The summed E-state index contributed by atoms with van der Waals surface area (Å²) in [6, 6.07) is 6.05. The number of rotatable bonds is 2. The number of halogens is 2. The molecule has 2 aromatic rings. The van der Waals surface area contributed by atoms with E-state index in [2.05, 4.69) is 19.9 Å². The molecule has 2 heterocycles. The number of hydrogen-bond donors (Lipinski definition) is 0. The van der Waals surface area contributed by atoms with Gasteiger partial charge in [0, 0.05) is 14.6 Å². The Morgan fingerprint density at radius 1 is 1.13 bits per heavy atom. The first-order valence-corrected chi connectivity index (χ1v) is 6.99. The van der Waals surface area contributed by atoms with Crippen LogP contribution in [0.2, 0.25) is 4.34 Å². The first kappa shape index (κ1) is 11.5. The van der Waals surface area contributed by atoms with Crippen molar-refractivity contribution in [2.24, 2.45) is 0 Å². The lowest BCUT2D eigenvalue weighted by Gasteiger charge is -2.02. The molecule has 0 saturated carbocycles. The molecule has 15 heavy (non-hydrogen) atoms. The smallest absolute Gasteiger partial charge is 0.102 e.